The van der Waals surface area contributed by atoms with Gasteiger partial charge in [0, 0.05) is 24.3 Å². The van der Waals surface area contributed by atoms with Gasteiger partial charge in [0.1, 0.15) is 0 Å². The van der Waals surface area contributed by atoms with Crippen LogP contribution in [0.2, 0.25) is 0 Å². The summed E-state index contributed by atoms with van der Waals surface area (Å²) in [5.74, 6) is 0. The van der Waals surface area contributed by atoms with E-state index in [1.54, 1.807) is 16.8 Å². The zero-order valence-electron chi connectivity index (χ0n) is 11.0. The number of benzene rings is 1. The van der Waals surface area contributed by atoms with Gasteiger partial charge in [0.2, 0.25) is 0 Å². The summed E-state index contributed by atoms with van der Waals surface area (Å²) in [4.78, 5) is 16.3. The van der Waals surface area contributed by atoms with Gasteiger partial charge in [-0.05, 0) is 30.2 Å². The normalized spacial score (nSPS) is 10.8. The number of pyridine rings is 2. The van der Waals surface area contributed by atoms with Crippen LogP contribution in [0.1, 0.15) is 5.56 Å². The number of fused-ring (bicyclic) bond motifs is 1. The summed E-state index contributed by atoms with van der Waals surface area (Å²) < 4.78 is 1.73. The van der Waals surface area contributed by atoms with Crippen molar-refractivity contribution in [1.29, 1.82) is 0 Å². The minimum Gasteiger partial charge on any atom is -0.394 e. The maximum Gasteiger partial charge on any atom is 0.274 e. The number of nitrogens with zero attached hydrogens (tertiary/aromatic N) is 2. The van der Waals surface area contributed by atoms with E-state index in [1.807, 2.05) is 42.6 Å². The van der Waals surface area contributed by atoms with Crippen LogP contribution in [0.4, 0.5) is 5.69 Å². The fourth-order valence-electron chi connectivity index (χ4n) is 2.36. The Morgan fingerprint density at radius 3 is 2.80 bits per heavy atom. The van der Waals surface area contributed by atoms with Crippen LogP contribution >= 0.6 is 0 Å². The quantitative estimate of drug-likeness (QED) is 0.790. The van der Waals surface area contributed by atoms with E-state index in [0.717, 1.165) is 22.9 Å². The van der Waals surface area contributed by atoms with E-state index in [9.17, 15) is 4.79 Å². The molecule has 2 aromatic heterocycles. The van der Waals surface area contributed by atoms with Crippen molar-refractivity contribution in [3.8, 4) is 0 Å². The van der Waals surface area contributed by atoms with Crippen LogP contribution in [0.25, 0.3) is 10.9 Å². The third-order valence-corrected chi connectivity index (χ3v) is 3.38. The van der Waals surface area contributed by atoms with Gasteiger partial charge in [-0.15, -0.1) is 0 Å². The van der Waals surface area contributed by atoms with Crippen LogP contribution in [-0.4, -0.2) is 9.55 Å². The van der Waals surface area contributed by atoms with Crippen molar-refractivity contribution in [2.45, 2.75) is 13.0 Å². The number of hydrogen-bond donors (Lipinski definition) is 1. The number of aryl methyl sites for hydroxylation is 2. The minimum atomic E-state index is -0.132. The van der Waals surface area contributed by atoms with Crippen molar-refractivity contribution in [3.63, 3.8) is 0 Å². The van der Waals surface area contributed by atoms with E-state index in [-0.39, 0.29) is 11.2 Å². The molecule has 0 aliphatic rings. The molecule has 1 aromatic carbocycles. The molecule has 3 rings (SSSR count). The zero-order chi connectivity index (χ0) is 13.9. The fourth-order valence-corrected chi connectivity index (χ4v) is 2.36. The van der Waals surface area contributed by atoms with Crippen molar-refractivity contribution in [2.75, 3.05) is 5.73 Å². The largest absolute Gasteiger partial charge is 0.394 e. The summed E-state index contributed by atoms with van der Waals surface area (Å²) in [7, 11) is 0. The van der Waals surface area contributed by atoms with Crippen LogP contribution in [0.3, 0.4) is 0 Å². The fraction of sp³-hybridized carbons (Fsp3) is 0.125. The van der Waals surface area contributed by atoms with Crippen LogP contribution in [-0.2, 0) is 13.0 Å². The number of anilines is 1. The van der Waals surface area contributed by atoms with Gasteiger partial charge in [-0.1, -0.05) is 24.3 Å². The Hall–Kier alpha value is -2.62. The third-order valence-electron chi connectivity index (χ3n) is 3.38. The van der Waals surface area contributed by atoms with Gasteiger partial charge < -0.3 is 10.3 Å². The van der Waals surface area contributed by atoms with Gasteiger partial charge in [0.15, 0.2) is 0 Å². The molecule has 0 fully saturated rings. The van der Waals surface area contributed by atoms with Crippen molar-refractivity contribution in [2.24, 2.45) is 0 Å². The molecule has 0 bridgehead atoms. The van der Waals surface area contributed by atoms with Crippen LogP contribution in [0.5, 0.6) is 0 Å². The molecule has 2 heterocycles. The average Bonchev–Trinajstić information content (AvgIpc) is 2.49. The van der Waals surface area contributed by atoms with Crippen LogP contribution in [0.15, 0.2) is 59.7 Å². The van der Waals surface area contributed by atoms with Crippen LogP contribution < -0.4 is 11.3 Å². The van der Waals surface area contributed by atoms with Crippen molar-refractivity contribution in [1.82, 2.24) is 9.55 Å². The predicted octanol–water partition coefficient (Wildman–Crippen LogP) is 2.22. The average molecular weight is 265 g/mol. The first kappa shape index (κ1) is 12.4. The van der Waals surface area contributed by atoms with Crippen molar-refractivity contribution >= 4 is 16.6 Å². The Kier molecular flexibility index (Phi) is 3.21. The first-order chi connectivity index (χ1) is 9.75. The lowest BCUT2D eigenvalue weighted by Gasteiger charge is -2.11. The highest BCUT2D eigenvalue weighted by Crippen LogP contribution is 2.14. The molecular weight excluding hydrogens is 250 g/mol. The Morgan fingerprint density at radius 1 is 1.15 bits per heavy atom. The molecule has 4 heteroatoms. The first-order valence-electron chi connectivity index (χ1n) is 6.52. The molecule has 100 valence electrons. The van der Waals surface area contributed by atoms with Gasteiger partial charge in [0.25, 0.3) is 5.56 Å². The second kappa shape index (κ2) is 5.17. The maximum absolute atomic E-state index is 12.2. The molecule has 4 nitrogen and oxygen atoms in total. The summed E-state index contributed by atoms with van der Waals surface area (Å²) in [6, 6.07) is 13.4. The molecule has 2 N–H and O–H groups in total. The standard InChI is InChI=1S/C16H15N3O/c17-14-10-13-5-1-2-6-15(13)19(16(14)20)9-7-12-4-3-8-18-11-12/h1-6,8,10-11H,7,9,17H2. The van der Waals surface area contributed by atoms with E-state index < -0.39 is 0 Å². The van der Waals surface area contributed by atoms with Gasteiger partial charge in [-0.3, -0.25) is 9.78 Å². The Bertz CT molecular complexity index is 794. The molecule has 0 atom stereocenters. The van der Waals surface area contributed by atoms with Gasteiger partial charge >= 0.3 is 0 Å². The van der Waals surface area contributed by atoms with E-state index in [2.05, 4.69) is 4.98 Å². The lowest BCUT2D eigenvalue weighted by atomic mass is 10.1. The molecule has 0 radical (unpaired) electrons. The summed E-state index contributed by atoms with van der Waals surface area (Å²) in [5.41, 5.74) is 7.98. The number of nitrogen functional groups attached to an aromatic ring is 1. The molecule has 0 saturated heterocycles. The highest BCUT2D eigenvalue weighted by Gasteiger charge is 2.06. The summed E-state index contributed by atoms with van der Waals surface area (Å²) in [6.45, 7) is 0.593. The van der Waals surface area contributed by atoms with E-state index in [0.29, 0.717) is 6.54 Å². The van der Waals surface area contributed by atoms with Crippen molar-refractivity contribution in [3.05, 3.63) is 70.8 Å². The molecular formula is C16H15N3O. The first-order valence-corrected chi connectivity index (χ1v) is 6.52. The Balaban J connectivity index is 2.02. The molecule has 0 saturated carbocycles. The predicted molar refractivity (Wildman–Crippen MR) is 80.6 cm³/mol. The lowest BCUT2D eigenvalue weighted by Crippen LogP contribution is -2.24. The zero-order valence-corrected chi connectivity index (χ0v) is 11.0. The van der Waals surface area contributed by atoms with E-state index in [1.165, 1.54) is 0 Å². The second-order valence-corrected chi connectivity index (χ2v) is 4.73. The highest BCUT2D eigenvalue weighted by molar-refractivity contribution is 5.81. The van der Waals surface area contributed by atoms with Crippen molar-refractivity contribution < 1.29 is 0 Å². The van der Waals surface area contributed by atoms with Gasteiger partial charge in [-0.25, -0.2) is 0 Å². The molecule has 0 aliphatic carbocycles. The smallest absolute Gasteiger partial charge is 0.274 e. The van der Waals surface area contributed by atoms with Gasteiger partial charge in [0.05, 0.1) is 11.2 Å². The summed E-state index contributed by atoms with van der Waals surface area (Å²) in [5, 5.41) is 0.982. The molecule has 3 aromatic rings. The summed E-state index contributed by atoms with van der Waals surface area (Å²) in [6.07, 6.45) is 4.31. The molecule has 0 amide bonds. The van der Waals surface area contributed by atoms with Crippen LogP contribution in [0, 0.1) is 0 Å². The Morgan fingerprint density at radius 2 is 2.00 bits per heavy atom. The third kappa shape index (κ3) is 2.28. The number of aromatic nitrogens is 2. The monoisotopic (exact) mass is 265 g/mol. The Labute approximate surface area is 116 Å². The molecule has 20 heavy (non-hydrogen) atoms. The molecule has 0 unspecified atom stereocenters. The minimum absolute atomic E-state index is 0.132. The SMILES string of the molecule is Nc1cc2ccccc2n(CCc2cccnc2)c1=O. The number of rotatable bonds is 3. The second-order valence-electron chi connectivity index (χ2n) is 4.73. The van der Waals surface area contributed by atoms with Gasteiger partial charge in [-0.2, -0.15) is 0 Å². The number of nitrogens with two attached hydrogens (primary N) is 1. The van der Waals surface area contributed by atoms with E-state index in [4.69, 9.17) is 5.73 Å². The lowest BCUT2D eigenvalue weighted by molar-refractivity contribution is 0.695. The van der Waals surface area contributed by atoms with E-state index >= 15 is 0 Å². The summed E-state index contributed by atoms with van der Waals surface area (Å²) >= 11 is 0. The highest BCUT2D eigenvalue weighted by atomic mass is 16.1. The molecule has 0 aliphatic heterocycles. The number of hydrogen-bond acceptors (Lipinski definition) is 3. The number of para-hydroxylation sites is 1. The topological polar surface area (TPSA) is 60.9 Å². The molecule has 0 spiro atoms. The maximum atomic E-state index is 12.2.